The van der Waals surface area contributed by atoms with E-state index in [9.17, 15) is 18.0 Å². The van der Waals surface area contributed by atoms with Crippen LogP contribution in [0.25, 0.3) is 11.5 Å². The first kappa shape index (κ1) is 20.5. The topological polar surface area (TPSA) is 56.0 Å². The van der Waals surface area contributed by atoms with Crippen molar-refractivity contribution in [1.82, 2.24) is 10.2 Å². The summed E-state index contributed by atoms with van der Waals surface area (Å²) < 4.78 is 43.3. The van der Waals surface area contributed by atoms with Crippen molar-refractivity contribution < 1.29 is 22.4 Å². The molecule has 4 nitrogen and oxygen atoms in total. The Bertz CT molecular complexity index is 998. The highest BCUT2D eigenvalue weighted by atomic mass is 19.3. The molecule has 1 heterocycles. The second-order valence-electron chi connectivity index (χ2n) is 6.51. The average molecular weight is 400 g/mol. The number of Topliss-reactive ketones (excluding diaryl/α,β-unsaturated/α-hetero) is 1. The van der Waals surface area contributed by atoms with Crippen LogP contribution in [0.2, 0.25) is 0 Å². The highest BCUT2D eigenvalue weighted by Gasteiger charge is 2.19. The number of hydrogen-bond acceptors (Lipinski definition) is 4. The highest BCUT2D eigenvalue weighted by Crippen LogP contribution is 2.26. The summed E-state index contributed by atoms with van der Waals surface area (Å²) >= 11 is 0. The summed E-state index contributed by atoms with van der Waals surface area (Å²) in [7, 11) is 0. The molecule has 0 radical (unpaired) electrons. The number of nitrogens with zero attached hydrogens (tertiary/aromatic N) is 2. The van der Waals surface area contributed by atoms with Crippen molar-refractivity contribution in [3.05, 3.63) is 83.5 Å². The van der Waals surface area contributed by atoms with Gasteiger partial charge in [-0.1, -0.05) is 24.3 Å². The monoisotopic (exact) mass is 400 g/mol. The number of carbonyl (C=O) groups is 1. The largest absolute Gasteiger partial charge is 0.415 e. The molecule has 0 unspecified atom stereocenters. The lowest BCUT2D eigenvalue weighted by Crippen LogP contribution is -2.05. The molecule has 0 saturated carbocycles. The van der Waals surface area contributed by atoms with Crippen molar-refractivity contribution in [3.63, 3.8) is 0 Å². The maximum Gasteiger partial charge on any atom is 0.314 e. The molecule has 3 rings (SSSR count). The predicted octanol–water partition coefficient (Wildman–Crippen LogP) is 5.75. The number of allylic oxidation sites excluding steroid dienone is 1. The Labute approximate surface area is 166 Å². The number of hydrogen-bond donors (Lipinski definition) is 0. The Kier molecular flexibility index (Phi) is 6.59. The molecule has 150 valence electrons. The summed E-state index contributed by atoms with van der Waals surface area (Å²) in [5.41, 5.74) is 2.60. The van der Waals surface area contributed by atoms with Gasteiger partial charge in [-0.15, -0.1) is 16.8 Å². The fraction of sp³-hybridized carbons (Fsp3) is 0.227. The number of aromatic nitrogens is 2. The van der Waals surface area contributed by atoms with E-state index in [4.69, 9.17) is 4.42 Å². The zero-order valence-corrected chi connectivity index (χ0v) is 15.6. The van der Waals surface area contributed by atoms with Crippen LogP contribution in [-0.4, -0.2) is 16.0 Å². The van der Waals surface area contributed by atoms with E-state index < -0.39 is 12.3 Å². The molecule has 0 amide bonds. The van der Waals surface area contributed by atoms with Crippen LogP contribution in [0.15, 0.2) is 59.5 Å². The molecule has 0 aliphatic carbocycles. The lowest BCUT2D eigenvalue weighted by Gasteiger charge is -2.09. The van der Waals surface area contributed by atoms with Gasteiger partial charge in [0.15, 0.2) is 5.78 Å². The van der Waals surface area contributed by atoms with Crippen molar-refractivity contribution in [2.24, 2.45) is 0 Å². The summed E-state index contributed by atoms with van der Waals surface area (Å²) in [5.74, 6) is -1.21. The van der Waals surface area contributed by atoms with Crippen molar-refractivity contribution in [2.45, 2.75) is 32.1 Å². The molecular weight excluding hydrogens is 381 g/mol. The third-order valence-corrected chi connectivity index (χ3v) is 4.43. The molecule has 7 heteroatoms. The Balaban J connectivity index is 1.76. The van der Waals surface area contributed by atoms with Gasteiger partial charge >= 0.3 is 6.43 Å². The SMILES string of the molecule is C=CCc1ccc(-c2nnc(C(F)F)o2)cc1C(=O)CCCc1ccc(F)cc1. The number of ketones is 1. The number of carbonyl (C=O) groups excluding carboxylic acids is 1. The van der Waals surface area contributed by atoms with E-state index in [1.54, 1.807) is 36.4 Å². The third kappa shape index (κ3) is 5.19. The van der Waals surface area contributed by atoms with Crippen LogP contribution in [0.5, 0.6) is 0 Å². The zero-order valence-electron chi connectivity index (χ0n) is 15.6. The quantitative estimate of drug-likeness (QED) is 0.339. The molecule has 1 aromatic heterocycles. The van der Waals surface area contributed by atoms with Gasteiger partial charge in [0.1, 0.15) is 5.82 Å². The minimum atomic E-state index is -2.86. The van der Waals surface area contributed by atoms with Gasteiger partial charge in [-0.25, -0.2) is 4.39 Å². The molecule has 0 aliphatic heterocycles. The molecule has 0 spiro atoms. The summed E-state index contributed by atoms with van der Waals surface area (Å²) in [6.07, 6.45) is 0.847. The molecule has 3 aromatic rings. The average Bonchev–Trinajstić information content (AvgIpc) is 3.20. The normalized spacial score (nSPS) is 11.0. The van der Waals surface area contributed by atoms with Gasteiger partial charge in [0.2, 0.25) is 5.89 Å². The zero-order chi connectivity index (χ0) is 20.8. The smallest absolute Gasteiger partial charge is 0.314 e. The summed E-state index contributed by atoms with van der Waals surface area (Å²) in [6.45, 7) is 3.70. The standard InChI is InChI=1S/C22H19F3N2O2/c1-2-4-15-9-10-16(21-26-27-22(29-21)20(24)25)13-18(15)19(28)6-3-5-14-7-11-17(23)12-8-14/h2,7-13,20H,1,3-6H2. The molecule has 0 saturated heterocycles. The molecule has 2 aromatic carbocycles. The number of rotatable bonds is 9. The fourth-order valence-corrected chi connectivity index (χ4v) is 2.98. The van der Waals surface area contributed by atoms with Crippen LogP contribution < -0.4 is 0 Å². The summed E-state index contributed by atoms with van der Waals surface area (Å²) in [6, 6.07) is 11.1. The van der Waals surface area contributed by atoms with Gasteiger partial charge in [-0.2, -0.15) is 8.78 Å². The Hall–Kier alpha value is -3.22. The number of halogens is 3. The first-order valence-corrected chi connectivity index (χ1v) is 9.11. The van der Waals surface area contributed by atoms with Crippen LogP contribution in [-0.2, 0) is 12.8 Å². The summed E-state index contributed by atoms with van der Waals surface area (Å²) in [5, 5.41) is 6.95. The Morgan fingerprint density at radius 3 is 2.55 bits per heavy atom. The number of benzene rings is 2. The van der Waals surface area contributed by atoms with Gasteiger partial charge in [0.05, 0.1) is 0 Å². The summed E-state index contributed by atoms with van der Waals surface area (Å²) in [4.78, 5) is 12.8. The van der Waals surface area contributed by atoms with Crippen molar-refractivity contribution in [1.29, 1.82) is 0 Å². The number of aryl methyl sites for hydroxylation is 1. The fourth-order valence-electron chi connectivity index (χ4n) is 2.98. The minimum absolute atomic E-state index is 0.0641. The Morgan fingerprint density at radius 1 is 1.14 bits per heavy atom. The maximum atomic E-state index is 13.0. The predicted molar refractivity (Wildman–Crippen MR) is 102 cm³/mol. The highest BCUT2D eigenvalue weighted by molar-refractivity contribution is 5.98. The van der Waals surface area contributed by atoms with E-state index in [1.165, 1.54) is 12.1 Å². The lowest BCUT2D eigenvalue weighted by atomic mass is 9.95. The van der Waals surface area contributed by atoms with Gasteiger partial charge in [0, 0.05) is 17.5 Å². The second-order valence-corrected chi connectivity index (χ2v) is 6.51. The van der Waals surface area contributed by atoms with E-state index in [0.29, 0.717) is 30.4 Å². The molecule has 29 heavy (non-hydrogen) atoms. The van der Waals surface area contributed by atoms with Crippen molar-refractivity contribution >= 4 is 5.78 Å². The molecular formula is C22H19F3N2O2. The Morgan fingerprint density at radius 2 is 1.90 bits per heavy atom. The maximum absolute atomic E-state index is 13.0. The molecule has 0 bridgehead atoms. The van der Waals surface area contributed by atoms with E-state index in [0.717, 1.165) is 11.1 Å². The van der Waals surface area contributed by atoms with Crippen molar-refractivity contribution in [3.8, 4) is 11.5 Å². The molecule has 0 fully saturated rings. The van der Waals surface area contributed by atoms with Gasteiger partial charge in [-0.05, 0) is 54.7 Å². The van der Waals surface area contributed by atoms with E-state index in [-0.39, 0.29) is 23.9 Å². The van der Waals surface area contributed by atoms with E-state index in [1.807, 2.05) is 0 Å². The minimum Gasteiger partial charge on any atom is -0.415 e. The van der Waals surface area contributed by atoms with Crippen LogP contribution >= 0.6 is 0 Å². The second kappa shape index (κ2) is 9.32. The first-order valence-electron chi connectivity index (χ1n) is 9.11. The molecule has 0 atom stereocenters. The van der Waals surface area contributed by atoms with Gasteiger partial charge in [0.25, 0.3) is 5.89 Å². The van der Waals surface area contributed by atoms with E-state index in [2.05, 4.69) is 16.8 Å². The van der Waals surface area contributed by atoms with Gasteiger partial charge < -0.3 is 4.42 Å². The number of alkyl halides is 2. The van der Waals surface area contributed by atoms with Crippen LogP contribution in [0.3, 0.4) is 0 Å². The molecule has 0 N–H and O–H groups in total. The van der Waals surface area contributed by atoms with Crippen LogP contribution in [0.1, 0.15) is 46.6 Å². The van der Waals surface area contributed by atoms with Crippen LogP contribution in [0.4, 0.5) is 13.2 Å². The van der Waals surface area contributed by atoms with Crippen LogP contribution in [0, 0.1) is 5.82 Å². The lowest BCUT2D eigenvalue weighted by molar-refractivity contribution is 0.0979. The molecule has 0 aliphatic rings. The van der Waals surface area contributed by atoms with Crippen molar-refractivity contribution in [2.75, 3.05) is 0 Å². The van der Waals surface area contributed by atoms with Gasteiger partial charge in [-0.3, -0.25) is 4.79 Å². The third-order valence-electron chi connectivity index (χ3n) is 4.43. The first-order chi connectivity index (χ1) is 14.0. The van der Waals surface area contributed by atoms with E-state index >= 15 is 0 Å².